The van der Waals surface area contributed by atoms with Crippen LogP contribution >= 0.6 is 11.8 Å². The first kappa shape index (κ1) is 14.1. The van der Waals surface area contributed by atoms with Gasteiger partial charge in [0.1, 0.15) is 0 Å². The molecule has 0 spiro atoms. The molecule has 1 atom stereocenters. The summed E-state index contributed by atoms with van der Waals surface area (Å²) in [5.41, 5.74) is 5.99. The van der Waals surface area contributed by atoms with Gasteiger partial charge in [0.05, 0.1) is 5.75 Å². The highest BCUT2D eigenvalue weighted by Gasteiger charge is 2.14. The summed E-state index contributed by atoms with van der Waals surface area (Å²) >= 11 is 1.70. The highest BCUT2D eigenvalue weighted by molar-refractivity contribution is 7.98. The first-order chi connectivity index (χ1) is 9.15. The molecule has 4 nitrogen and oxygen atoms in total. The number of aromatic nitrogens is 2. The minimum atomic E-state index is 0.0649. The van der Waals surface area contributed by atoms with Crippen LogP contribution in [0.5, 0.6) is 0 Å². The van der Waals surface area contributed by atoms with Crippen molar-refractivity contribution in [1.29, 1.82) is 0 Å². The van der Waals surface area contributed by atoms with Crippen LogP contribution in [0, 0.1) is 5.92 Å². The fourth-order valence-electron chi connectivity index (χ4n) is 1.53. The molecule has 5 heteroatoms. The van der Waals surface area contributed by atoms with E-state index in [0.29, 0.717) is 24.0 Å². The maximum absolute atomic E-state index is 5.99. The van der Waals surface area contributed by atoms with Gasteiger partial charge in [0.25, 0.3) is 0 Å². The zero-order chi connectivity index (χ0) is 13.7. The lowest BCUT2D eigenvalue weighted by atomic mass is 10.0. The largest absolute Gasteiger partial charge is 0.339 e. The summed E-state index contributed by atoms with van der Waals surface area (Å²) in [6.07, 6.45) is 0.640. The van der Waals surface area contributed by atoms with E-state index < -0.39 is 0 Å². The van der Waals surface area contributed by atoms with Crippen LogP contribution in [0.15, 0.2) is 39.8 Å². The smallest absolute Gasteiger partial charge is 0.228 e. The summed E-state index contributed by atoms with van der Waals surface area (Å²) in [4.78, 5) is 5.57. The molecule has 0 saturated heterocycles. The third kappa shape index (κ3) is 4.36. The van der Waals surface area contributed by atoms with E-state index in [1.807, 2.05) is 18.2 Å². The zero-order valence-electron chi connectivity index (χ0n) is 11.2. The van der Waals surface area contributed by atoms with E-state index in [9.17, 15) is 0 Å². The number of rotatable bonds is 6. The van der Waals surface area contributed by atoms with E-state index in [-0.39, 0.29) is 6.04 Å². The monoisotopic (exact) mass is 277 g/mol. The van der Waals surface area contributed by atoms with E-state index in [1.165, 1.54) is 4.90 Å². The van der Waals surface area contributed by atoms with Gasteiger partial charge in [-0.15, -0.1) is 11.8 Å². The highest BCUT2D eigenvalue weighted by Crippen LogP contribution is 2.21. The van der Waals surface area contributed by atoms with Crippen LogP contribution in [0.2, 0.25) is 0 Å². The second-order valence-electron chi connectivity index (χ2n) is 4.82. The number of nitrogens with zero attached hydrogens (tertiary/aromatic N) is 2. The lowest BCUT2D eigenvalue weighted by molar-refractivity contribution is 0.350. The number of benzene rings is 1. The van der Waals surface area contributed by atoms with Crippen LogP contribution in [0.25, 0.3) is 0 Å². The van der Waals surface area contributed by atoms with E-state index in [1.54, 1.807) is 11.8 Å². The zero-order valence-corrected chi connectivity index (χ0v) is 12.1. The Hall–Kier alpha value is -1.33. The molecule has 1 unspecified atom stereocenters. The van der Waals surface area contributed by atoms with E-state index in [4.69, 9.17) is 10.3 Å². The van der Waals surface area contributed by atoms with Gasteiger partial charge in [-0.1, -0.05) is 37.2 Å². The molecule has 1 heterocycles. The van der Waals surface area contributed by atoms with Gasteiger partial charge in [-0.25, -0.2) is 0 Å². The lowest BCUT2D eigenvalue weighted by Gasteiger charge is -2.11. The fraction of sp³-hybridized carbons (Fsp3) is 0.429. The average Bonchev–Trinajstić information content (AvgIpc) is 2.85. The van der Waals surface area contributed by atoms with Gasteiger partial charge in [0, 0.05) is 17.4 Å². The minimum Gasteiger partial charge on any atom is -0.339 e. The summed E-state index contributed by atoms with van der Waals surface area (Å²) in [7, 11) is 0. The quantitative estimate of drug-likeness (QED) is 0.822. The molecule has 0 bridgehead atoms. The van der Waals surface area contributed by atoms with Crippen LogP contribution in [0.4, 0.5) is 0 Å². The standard InChI is InChI=1S/C14H19N3OS/c1-10(2)12(15)8-14-16-13(17-18-14)9-19-11-6-4-3-5-7-11/h3-7,10,12H,8-9,15H2,1-2H3. The van der Waals surface area contributed by atoms with Crippen molar-refractivity contribution in [2.45, 2.75) is 37.0 Å². The molecule has 2 aromatic rings. The van der Waals surface area contributed by atoms with Crippen LogP contribution in [0.1, 0.15) is 25.6 Å². The normalized spacial score (nSPS) is 12.8. The predicted molar refractivity (Wildman–Crippen MR) is 76.8 cm³/mol. The molecule has 19 heavy (non-hydrogen) atoms. The Morgan fingerprint density at radius 2 is 2.00 bits per heavy atom. The Morgan fingerprint density at radius 3 is 2.68 bits per heavy atom. The summed E-state index contributed by atoms with van der Waals surface area (Å²) in [6, 6.07) is 10.2. The summed E-state index contributed by atoms with van der Waals surface area (Å²) in [6.45, 7) is 4.18. The maximum atomic E-state index is 5.99. The van der Waals surface area contributed by atoms with Gasteiger partial charge in [-0.2, -0.15) is 4.98 Å². The van der Waals surface area contributed by atoms with Gasteiger partial charge >= 0.3 is 0 Å². The molecular weight excluding hydrogens is 258 g/mol. The predicted octanol–water partition coefficient (Wildman–Crippen LogP) is 2.89. The third-order valence-electron chi connectivity index (χ3n) is 2.89. The van der Waals surface area contributed by atoms with Crippen molar-refractivity contribution < 1.29 is 4.52 Å². The third-order valence-corrected chi connectivity index (χ3v) is 3.90. The van der Waals surface area contributed by atoms with E-state index in [0.717, 1.165) is 5.82 Å². The molecule has 1 aromatic heterocycles. The summed E-state index contributed by atoms with van der Waals surface area (Å²) in [5, 5.41) is 3.98. The van der Waals surface area contributed by atoms with Crippen molar-refractivity contribution in [3.8, 4) is 0 Å². The Bertz CT molecular complexity index is 498. The average molecular weight is 277 g/mol. The van der Waals surface area contributed by atoms with Gasteiger partial charge in [-0.3, -0.25) is 0 Å². The molecule has 1 aromatic carbocycles. The van der Waals surface area contributed by atoms with Crippen molar-refractivity contribution in [3.05, 3.63) is 42.0 Å². The van der Waals surface area contributed by atoms with E-state index in [2.05, 4.69) is 36.1 Å². The first-order valence-electron chi connectivity index (χ1n) is 6.40. The van der Waals surface area contributed by atoms with Crippen molar-refractivity contribution in [1.82, 2.24) is 10.1 Å². The Kier molecular flexibility index (Phi) is 4.99. The fourth-order valence-corrected chi connectivity index (χ4v) is 2.30. The number of hydrogen-bond donors (Lipinski definition) is 1. The molecule has 0 fully saturated rings. The summed E-state index contributed by atoms with van der Waals surface area (Å²) < 4.78 is 5.22. The highest BCUT2D eigenvalue weighted by atomic mass is 32.2. The lowest BCUT2D eigenvalue weighted by Crippen LogP contribution is -2.28. The van der Waals surface area contributed by atoms with Crippen LogP contribution in [-0.4, -0.2) is 16.2 Å². The van der Waals surface area contributed by atoms with Crippen molar-refractivity contribution in [2.24, 2.45) is 11.7 Å². The second-order valence-corrected chi connectivity index (χ2v) is 5.87. The molecule has 2 rings (SSSR count). The van der Waals surface area contributed by atoms with E-state index >= 15 is 0 Å². The van der Waals surface area contributed by atoms with Gasteiger partial charge < -0.3 is 10.3 Å². The molecule has 0 radical (unpaired) electrons. The van der Waals surface area contributed by atoms with Crippen LogP contribution < -0.4 is 5.73 Å². The second kappa shape index (κ2) is 6.73. The van der Waals surface area contributed by atoms with Gasteiger partial charge in [0.15, 0.2) is 5.82 Å². The SMILES string of the molecule is CC(C)C(N)Cc1nc(CSc2ccccc2)no1. The number of thioether (sulfide) groups is 1. The molecule has 2 N–H and O–H groups in total. The van der Waals surface area contributed by atoms with Crippen molar-refractivity contribution in [2.75, 3.05) is 0 Å². The summed E-state index contributed by atoms with van der Waals surface area (Å²) in [5.74, 6) is 2.48. The van der Waals surface area contributed by atoms with Crippen LogP contribution in [0.3, 0.4) is 0 Å². The Morgan fingerprint density at radius 1 is 1.26 bits per heavy atom. The van der Waals surface area contributed by atoms with Crippen molar-refractivity contribution in [3.63, 3.8) is 0 Å². The van der Waals surface area contributed by atoms with Gasteiger partial charge in [-0.05, 0) is 18.1 Å². The Balaban J connectivity index is 1.87. The molecular formula is C14H19N3OS. The molecule has 0 amide bonds. The first-order valence-corrected chi connectivity index (χ1v) is 7.38. The Labute approximate surface area is 117 Å². The maximum Gasteiger partial charge on any atom is 0.228 e. The molecule has 0 aliphatic rings. The molecule has 0 saturated carbocycles. The molecule has 0 aliphatic heterocycles. The topological polar surface area (TPSA) is 64.9 Å². The molecule has 0 aliphatic carbocycles. The van der Waals surface area contributed by atoms with Crippen molar-refractivity contribution >= 4 is 11.8 Å². The number of hydrogen-bond acceptors (Lipinski definition) is 5. The van der Waals surface area contributed by atoms with Crippen LogP contribution in [-0.2, 0) is 12.2 Å². The number of nitrogens with two attached hydrogens (primary N) is 1. The minimum absolute atomic E-state index is 0.0649. The van der Waals surface area contributed by atoms with Gasteiger partial charge in [0.2, 0.25) is 5.89 Å². The molecule has 102 valence electrons.